The van der Waals surface area contributed by atoms with Gasteiger partial charge in [0.25, 0.3) is 0 Å². The Morgan fingerprint density at radius 2 is 1.65 bits per heavy atom. The van der Waals surface area contributed by atoms with Crippen molar-refractivity contribution in [3.63, 3.8) is 0 Å². The lowest BCUT2D eigenvalue weighted by Gasteiger charge is -2.12. The molecule has 8 heteroatoms. The highest BCUT2D eigenvalue weighted by atomic mass is 32.1. The van der Waals surface area contributed by atoms with E-state index in [1.165, 1.54) is 6.92 Å². The first kappa shape index (κ1) is 14.7. The van der Waals surface area contributed by atoms with Gasteiger partial charge >= 0.3 is 12.4 Å². The summed E-state index contributed by atoms with van der Waals surface area (Å²) in [5.41, 5.74) is -2.61. The zero-order valence-corrected chi connectivity index (χ0v) is 10.6. The van der Waals surface area contributed by atoms with Crippen LogP contribution in [0.3, 0.4) is 0 Å². The van der Waals surface area contributed by atoms with Crippen LogP contribution < -0.4 is 0 Å². The van der Waals surface area contributed by atoms with E-state index in [2.05, 4.69) is 0 Å². The van der Waals surface area contributed by atoms with Crippen molar-refractivity contribution in [2.75, 3.05) is 0 Å². The maximum atomic E-state index is 12.9. The summed E-state index contributed by atoms with van der Waals surface area (Å²) in [6.07, 6.45) is -9.79. The molecule has 0 bridgehead atoms. The number of nitriles is 1. The van der Waals surface area contributed by atoms with Crippen molar-refractivity contribution in [2.45, 2.75) is 19.3 Å². The average molecular weight is 309 g/mol. The fourth-order valence-electron chi connectivity index (χ4n) is 1.80. The van der Waals surface area contributed by atoms with Gasteiger partial charge < -0.3 is 0 Å². The summed E-state index contributed by atoms with van der Waals surface area (Å²) in [5.74, 6) is 0. The van der Waals surface area contributed by atoms with Gasteiger partial charge in [-0.2, -0.15) is 31.6 Å². The summed E-state index contributed by atoms with van der Waals surface area (Å²) in [7, 11) is 0. The molecule has 1 nitrogen and oxygen atoms in total. The SMILES string of the molecule is Cc1c(C#N)sc2c(C(F)(F)F)cc(C(F)(F)F)cc12. The van der Waals surface area contributed by atoms with Crippen molar-refractivity contribution in [1.82, 2.24) is 0 Å². The normalized spacial score (nSPS) is 12.7. The minimum absolute atomic E-state index is 0.0233. The zero-order valence-electron chi connectivity index (χ0n) is 9.78. The van der Waals surface area contributed by atoms with E-state index in [1.54, 1.807) is 6.07 Å². The van der Waals surface area contributed by atoms with Gasteiger partial charge in [-0.3, -0.25) is 0 Å². The van der Waals surface area contributed by atoms with E-state index < -0.39 is 23.5 Å². The Kier molecular flexibility index (Phi) is 3.21. The zero-order chi connectivity index (χ0) is 15.3. The smallest absolute Gasteiger partial charge is 0.192 e. The van der Waals surface area contributed by atoms with Crippen LogP contribution in [0.4, 0.5) is 26.3 Å². The Labute approximate surface area is 113 Å². The number of benzene rings is 1. The molecule has 0 aliphatic heterocycles. The summed E-state index contributed by atoms with van der Waals surface area (Å²) < 4.78 is 76.3. The summed E-state index contributed by atoms with van der Waals surface area (Å²) in [5, 5.41) is 8.61. The maximum absolute atomic E-state index is 12.9. The molecule has 0 atom stereocenters. The number of hydrogen-bond donors (Lipinski definition) is 0. The number of thiophene rings is 1. The summed E-state index contributed by atoms with van der Waals surface area (Å²) in [4.78, 5) is -0.0233. The standard InChI is InChI=1S/C12H5F6NS/c1-5-7-2-6(11(13,14)15)3-8(12(16,17)18)10(7)20-9(5)4-19/h2-3H,1H3. The third-order valence-corrected chi connectivity index (χ3v) is 4.02. The number of aryl methyl sites for hydroxylation is 1. The second kappa shape index (κ2) is 4.38. The number of rotatable bonds is 0. The molecular formula is C12H5F6NS. The van der Waals surface area contributed by atoms with E-state index in [-0.39, 0.29) is 26.6 Å². The first-order chi connectivity index (χ1) is 9.05. The van der Waals surface area contributed by atoms with Gasteiger partial charge in [-0.1, -0.05) is 0 Å². The fraction of sp³-hybridized carbons (Fsp3) is 0.250. The van der Waals surface area contributed by atoms with Crippen molar-refractivity contribution in [2.24, 2.45) is 0 Å². The van der Waals surface area contributed by atoms with Crippen LogP contribution in [-0.2, 0) is 12.4 Å². The van der Waals surface area contributed by atoms with Crippen molar-refractivity contribution < 1.29 is 26.3 Å². The van der Waals surface area contributed by atoms with E-state index in [0.29, 0.717) is 17.4 Å². The Balaban J connectivity index is 2.92. The summed E-state index contributed by atoms with van der Waals surface area (Å²) >= 11 is 0.548. The van der Waals surface area contributed by atoms with Crippen LogP contribution in [0, 0.1) is 18.3 Å². The minimum atomic E-state index is -4.91. The predicted molar refractivity (Wildman–Crippen MR) is 61.3 cm³/mol. The van der Waals surface area contributed by atoms with Gasteiger partial charge in [-0.05, 0) is 30.0 Å². The van der Waals surface area contributed by atoms with Gasteiger partial charge in [0.1, 0.15) is 10.9 Å². The Morgan fingerprint density at radius 1 is 1.05 bits per heavy atom. The topological polar surface area (TPSA) is 23.8 Å². The van der Waals surface area contributed by atoms with Crippen LogP contribution in [0.1, 0.15) is 21.6 Å². The monoisotopic (exact) mass is 309 g/mol. The summed E-state index contributed by atoms with van der Waals surface area (Å²) in [6.45, 7) is 1.33. The highest BCUT2D eigenvalue weighted by Crippen LogP contribution is 2.44. The third-order valence-electron chi connectivity index (χ3n) is 2.77. The molecule has 0 unspecified atom stereocenters. The molecule has 0 aliphatic rings. The lowest BCUT2D eigenvalue weighted by molar-refractivity contribution is -0.142. The Hall–Kier alpha value is -1.75. The molecule has 106 valence electrons. The fourth-order valence-corrected chi connectivity index (χ4v) is 2.92. The van der Waals surface area contributed by atoms with Crippen LogP contribution in [0.2, 0.25) is 0 Å². The number of hydrogen-bond acceptors (Lipinski definition) is 2. The molecule has 1 aromatic heterocycles. The molecular weight excluding hydrogens is 304 g/mol. The van der Waals surface area contributed by atoms with E-state index >= 15 is 0 Å². The first-order valence-electron chi connectivity index (χ1n) is 5.17. The lowest BCUT2D eigenvalue weighted by atomic mass is 10.0. The molecule has 0 radical (unpaired) electrons. The maximum Gasteiger partial charge on any atom is 0.417 e. The molecule has 2 rings (SSSR count). The number of alkyl halides is 6. The molecule has 0 fully saturated rings. The van der Waals surface area contributed by atoms with Gasteiger partial charge in [0.2, 0.25) is 0 Å². The molecule has 0 N–H and O–H groups in total. The first-order valence-corrected chi connectivity index (χ1v) is 5.99. The molecule has 0 spiro atoms. The van der Waals surface area contributed by atoms with Crippen molar-refractivity contribution >= 4 is 21.4 Å². The molecule has 0 aliphatic carbocycles. The molecule has 20 heavy (non-hydrogen) atoms. The van der Waals surface area contributed by atoms with Gasteiger partial charge in [0.15, 0.2) is 0 Å². The Bertz CT molecular complexity index is 717. The van der Waals surface area contributed by atoms with Crippen molar-refractivity contribution in [3.05, 3.63) is 33.7 Å². The van der Waals surface area contributed by atoms with Crippen LogP contribution in [0.25, 0.3) is 10.1 Å². The number of fused-ring (bicyclic) bond motifs is 1. The molecule has 1 heterocycles. The van der Waals surface area contributed by atoms with Crippen LogP contribution >= 0.6 is 11.3 Å². The summed E-state index contributed by atoms with van der Waals surface area (Å²) in [6, 6.07) is 2.42. The van der Waals surface area contributed by atoms with Gasteiger partial charge in [-0.15, -0.1) is 11.3 Å². The van der Waals surface area contributed by atoms with Gasteiger partial charge in [-0.25, -0.2) is 0 Å². The van der Waals surface area contributed by atoms with Crippen LogP contribution in [-0.4, -0.2) is 0 Å². The largest absolute Gasteiger partial charge is 0.417 e. The second-order valence-electron chi connectivity index (χ2n) is 4.06. The van der Waals surface area contributed by atoms with Crippen molar-refractivity contribution in [3.8, 4) is 6.07 Å². The Morgan fingerprint density at radius 3 is 2.10 bits per heavy atom. The van der Waals surface area contributed by atoms with Crippen LogP contribution in [0.15, 0.2) is 12.1 Å². The third kappa shape index (κ3) is 2.33. The van der Waals surface area contributed by atoms with E-state index in [9.17, 15) is 26.3 Å². The average Bonchev–Trinajstić information content (AvgIpc) is 2.63. The highest BCUT2D eigenvalue weighted by molar-refractivity contribution is 7.20. The predicted octanol–water partition coefficient (Wildman–Crippen LogP) is 5.12. The van der Waals surface area contributed by atoms with Crippen molar-refractivity contribution in [1.29, 1.82) is 5.26 Å². The van der Waals surface area contributed by atoms with E-state index in [1.807, 2.05) is 0 Å². The number of halogens is 6. The molecule has 0 saturated carbocycles. The number of nitrogens with zero attached hydrogens (tertiary/aromatic N) is 1. The molecule has 0 saturated heterocycles. The van der Waals surface area contributed by atoms with E-state index in [4.69, 9.17) is 5.26 Å². The minimum Gasteiger partial charge on any atom is -0.192 e. The highest BCUT2D eigenvalue weighted by Gasteiger charge is 2.39. The van der Waals surface area contributed by atoms with Gasteiger partial charge in [0, 0.05) is 4.70 Å². The lowest BCUT2D eigenvalue weighted by Crippen LogP contribution is -2.10. The van der Waals surface area contributed by atoms with Crippen LogP contribution in [0.5, 0.6) is 0 Å². The quantitative estimate of drug-likeness (QED) is 0.620. The molecule has 0 amide bonds. The van der Waals surface area contributed by atoms with Gasteiger partial charge in [0.05, 0.1) is 11.1 Å². The second-order valence-corrected chi connectivity index (χ2v) is 5.08. The molecule has 1 aromatic carbocycles. The molecule has 2 aromatic rings. The van der Waals surface area contributed by atoms with E-state index in [0.717, 1.165) is 0 Å².